The molecule has 164 valence electrons. The molecule has 1 N–H and O–H groups in total. The maximum atomic E-state index is 13.3. The first-order valence-corrected chi connectivity index (χ1v) is 11.5. The second-order valence-electron chi connectivity index (χ2n) is 6.96. The molecular weight excluding hydrogens is 452 g/mol. The summed E-state index contributed by atoms with van der Waals surface area (Å²) < 4.78 is 59.1. The summed E-state index contributed by atoms with van der Waals surface area (Å²) in [6, 6.07) is 2.38. The van der Waals surface area contributed by atoms with Gasteiger partial charge < -0.3 is 9.84 Å². The zero-order chi connectivity index (χ0) is 22.3. The maximum Gasteiger partial charge on any atom is 0.286 e. The highest BCUT2D eigenvalue weighted by atomic mass is 32.2. The van der Waals surface area contributed by atoms with Crippen molar-refractivity contribution >= 4 is 33.0 Å². The fraction of sp³-hybridized carbons (Fsp3) is 0.333. The average Bonchev–Trinajstić information content (AvgIpc) is 3.44. The molecule has 1 saturated heterocycles. The van der Waals surface area contributed by atoms with Gasteiger partial charge in [0.2, 0.25) is 15.0 Å². The molecule has 1 unspecified atom stereocenters. The summed E-state index contributed by atoms with van der Waals surface area (Å²) in [7, 11) is -3.88. The van der Waals surface area contributed by atoms with Crippen LogP contribution < -0.4 is 5.32 Å². The molecule has 3 heterocycles. The van der Waals surface area contributed by atoms with E-state index in [9.17, 15) is 22.0 Å². The predicted octanol–water partition coefficient (Wildman–Crippen LogP) is 3.20. The summed E-state index contributed by atoms with van der Waals surface area (Å²) in [5.41, 5.74) is 0.330. The number of hydrogen-bond donors (Lipinski definition) is 1. The summed E-state index contributed by atoms with van der Waals surface area (Å²) in [6.45, 7) is 3.37. The second kappa shape index (κ2) is 8.05. The fourth-order valence-corrected chi connectivity index (χ4v) is 6.36. The van der Waals surface area contributed by atoms with Crippen LogP contribution in [0.3, 0.4) is 0 Å². The molecule has 1 aliphatic heterocycles. The zero-order valence-electron chi connectivity index (χ0n) is 16.4. The molecule has 1 atom stereocenters. The molecule has 9 nitrogen and oxygen atoms in total. The monoisotopic (exact) mass is 469 g/mol. The number of aryl methyl sites for hydroxylation is 2. The van der Waals surface area contributed by atoms with E-state index in [4.69, 9.17) is 4.52 Å². The predicted molar refractivity (Wildman–Crippen MR) is 106 cm³/mol. The first kappa shape index (κ1) is 21.5. The van der Waals surface area contributed by atoms with Gasteiger partial charge in [0.25, 0.3) is 5.91 Å². The molecule has 0 radical (unpaired) electrons. The van der Waals surface area contributed by atoms with Crippen molar-refractivity contribution in [2.45, 2.75) is 37.6 Å². The van der Waals surface area contributed by atoms with Crippen LogP contribution in [0.25, 0.3) is 0 Å². The van der Waals surface area contributed by atoms with Crippen LogP contribution in [0.2, 0.25) is 0 Å². The van der Waals surface area contributed by atoms with Gasteiger partial charge in [-0.05, 0) is 38.8 Å². The molecular formula is C18H17F2N5O4S2. The van der Waals surface area contributed by atoms with Crippen molar-refractivity contribution < 1.29 is 26.5 Å². The van der Waals surface area contributed by atoms with Gasteiger partial charge in [-0.2, -0.15) is 4.31 Å². The number of amides is 1. The van der Waals surface area contributed by atoms with E-state index in [1.807, 2.05) is 0 Å². The number of carbonyl (C=O) groups excluding carboxylic acids is 1. The van der Waals surface area contributed by atoms with Crippen LogP contribution in [-0.4, -0.2) is 40.5 Å². The minimum Gasteiger partial charge on any atom is -0.360 e. The Morgan fingerprint density at radius 3 is 2.71 bits per heavy atom. The first-order valence-electron chi connectivity index (χ1n) is 9.23. The van der Waals surface area contributed by atoms with Gasteiger partial charge in [0, 0.05) is 18.3 Å². The number of hydrogen-bond acceptors (Lipinski definition) is 8. The summed E-state index contributed by atoms with van der Waals surface area (Å²) in [4.78, 5) is 12.4. The Morgan fingerprint density at radius 2 is 2.03 bits per heavy atom. The molecule has 1 amide bonds. The van der Waals surface area contributed by atoms with E-state index >= 15 is 0 Å². The van der Waals surface area contributed by atoms with E-state index in [0.29, 0.717) is 17.8 Å². The van der Waals surface area contributed by atoms with Gasteiger partial charge in [0.1, 0.15) is 15.6 Å². The number of sulfonamides is 1. The number of benzene rings is 1. The number of anilines is 1. The van der Waals surface area contributed by atoms with Gasteiger partial charge in [-0.1, -0.05) is 16.5 Å². The summed E-state index contributed by atoms with van der Waals surface area (Å²) in [6.07, 6.45) is 1.13. The lowest BCUT2D eigenvalue weighted by Crippen LogP contribution is -2.31. The topological polar surface area (TPSA) is 118 Å². The number of nitrogens with zero attached hydrogens (tertiary/aromatic N) is 4. The second-order valence-corrected chi connectivity index (χ2v) is 9.79. The highest BCUT2D eigenvalue weighted by molar-refractivity contribution is 7.89. The van der Waals surface area contributed by atoms with E-state index in [1.54, 1.807) is 6.92 Å². The molecule has 1 aliphatic rings. The first-order chi connectivity index (χ1) is 14.7. The average molecular weight is 469 g/mol. The lowest BCUT2D eigenvalue weighted by molar-refractivity contribution is 0.102. The lowest BCUT2D eigenvalue weighted by Gasteiger charge is -2.21. The fourth-order valence-electron chi connectivity index (χ4n) is 3.45. The number of halogens is 2. The van der Waals surface area contributed by atoms with Crippen molar-refractivity contribution in [2.75, 3.05) is 11.9 Å². The molecule has 13 heteroatoms. The Labute approximate surface area is 180 Å². The van der Waals surface area contributed by atoms with Crippen molar-refractivity contribution in [3.63, 3.8) is 0 Å². The Kier molecular flexibility index (Phi) is 5.58. The molecule has 1 aromatic carbocycles. The largest absolute Gasteiger partial charge is 0.360 e. The lowest BCUT2D eigenvalue weighted by atomic mass is 10.2. The third-order valence-corrected chi connectivity index (χ3v) is 8.01. The van der Waals surface area contributed by atoms with Crippen LogP contribution in [0.1, 0.15) is 45.1 Å². The van der Waals surface area contributed by atoms with E-state index in [2.05, 4.69) is 20.7 Å². The Bertz CT molecular complexity index is 1240. The SMILES string of the molecule is Cc1noc(C)c1S(=O)(=O)N1CCCC1c1nnc(C(=O)Nc2ccc(F)c(F)c2)s1. The Morgan fingerprint density at radius 1 is 1.26 bits per heavy atom. The van der Waals surface area contributed by atoms with Crippen LogP contribution in [-0.2, 0) is 10.0 Å². The zero-order valence-corrected chi connectivity index (χ0v) is 18.1. The quantitative estimate of drug-likeness (QED) is 0.610. The van der Waals surface area contributed by atoms with E-state index < -0.39 is 33.6 Å². The molecule has 1 fully saturated rings. The van der Waals surface area contributed by atoms with Crippen LogP contribution in [0.4, 0.5) is 14.5 Å². The van der Waals surface area contributed by atoms with Gasteiger partial charge >= 0.3 is 0 Å². The van der Waals surface area contributed by atoms with Gasteiger partial charge in [-0.3, -0.25) is 4.79 Å². The van der Waals surface area contributed by atoms with Crippen LogP contribution in [0.15, 0.2) is 27.6 Å². The highest BCUT2D eigenvalue weighted by Gasteiger charge is 2.41. The van der Waals surface area contributed by atoms with Crippen molar-refractivity contribution in [1.82, 2.24) is 19.7 Å². The minimum absolute atomic E-state index is 0.0266. The molecule has 2 aromatic heterocycles. The van der Waals surface area contributed by atoms with Gasteiger partial charge in [0.05, 0.1) is 6.04 Å². The number of aromatic nitrogens is 3. The van der Waals surface area contributed by atoms with Crippen LogP contribution >= 0.6 is 11.3 Å². The van der Waals surface area contributed by atoms with Crippen molar-refractivity contribution in [3.05, 3.63) is 51.3 Å². The Hall–Kier alpha value is -2.77. The van der Waals surface area contributed by atoms with Crippen LogP contribution in [0.5, 0.6) is 0 Å². The van der Waals surface area contributed by atoms with Crippen molar-refractivity contribution in [2.24, 2.45) is 0 Å². The van der Waals surface area contributed by atoms with E-state index in [1.165, 1.54) is 17.3 Å². The molecule has 0 spiro atoms. The third kappa shape index (κ3) is 3.95. The van der Waals surface area contributed by atoms with Crippen molar-refractivity contribution in [1.29, 1.82) is 0 Å². The number of rotatable bonds is 5. The standard InChI is InChI=1S/C18H17F2N5O4S2/c1-9-15(10(2)29-24-9)31(27,28)25-7-3-4-14(25)17-22-23-18(30-17)16(26)21-11-5-6-12(19)13(20)8-11/h5-6,8,14H,3-4,7H2,1-2H3,(H,21,26). The molecule has 31 heavy (non-hydrogen) atoms. The highest BCUT2D eigenvalue weighted by Crippen LogP contribution is 2.39. The maximum absolute atomic E-state index is 13.3. The van der Waals surface area contributed by atoms with E-state index in [0.717, 1.165) is 23.5 Å². The molecule has 0 bridgehead atoms. The normalized spacial score (nSPS) is 17.2. The molecule has 4 rings (SSSR count). The van der Waals surface area contributed by atoms with Gasteiger partial charge in [-0.25, -0.2) is 17.2 Å². The Balaban J connectivity index is 1.56. The number of nitrogens with one attached hydrogen (secondary N) is 1. The summed E-state index contributed by atoms with van der Waals surface area (Å²) >= 11 is 0.943. The van der Waals surface area contributed by atoms with Gasteiger partial charge in [0.15, 0.2) is 17.4 Å². The minimum atomic E-state index is -3.88. The van der Waals surface area contributed by atoms with Crippen LogP contribution in [0, 0.1) is 25.5 Å². The van der Waals surface area contributed by atoms with Gasteiger partial charge in [-0.15, -0.1) is 10.2 Å². The molecule has 3 aromatic rings. The molecule has 0 saturated carbocycles. The van der Waals surface area contributed by atoms with Crippen molar-refractivity contribution in [3.8, 4) is 0 Å². The third-order valence-electron chi connectivity index (χ3n) is 4.84. The summed E-state index contributed by atoms with van der Waals surface area (Å²) in [5.74, 6) is -2.58. The molecule has 0 aliphatic carbocycles. The smallest absolute Gasteiger partial charge is 0.286 e. The summed E-state index contributed by atoms with van der Waals surface area (Å²) in [5, 5.41) is 14.3. The van der Waals surface area contributed by atoms with E-state index in [-0.39, 0.29) is 33.6 Å². The number of carbonyl (C=O) groups is 1.